The van der Waals surface area contributed by atoms with E-state index in [-0.39, 0.29) is 22.3 Å². The van der Waals surface area contributed by atoms with Crippen molar-refractivity contribution in [2.75, 3.05) is 17.2 Å². The van der Waals surface area contributed by atoms with Crippen LogP contribution in [0.3, 0.4) is 0 Å². The Morgan fingerprint density at radius 1 is 1.24 bits per heavy atom. The van der Waals surface area contributed by atoms with E-state index in [1.807, 2.05) is 24.3 Å². The summed E-state index contributed by atoms with van der Waals surface area (Å²) in [5.74, 6) is -0.269. The molecule has 2 aromatic carbocycles. The largest absolute Gasteiger partial charge is 0.399 e. The first-order valence-corrected chi connectivity index (χ1v) is 9.11. The number of anilines is 1. The third kappa shape index (κ3) is 2.78. The molecular weight excluding hydrogens is 309 g/mol. The van der Waals surface area contributed by atoms with Crippen LogP contribution >= 0.6 is 11.8 Å². The number of nitrogen functional groups attached to an aromatic ring is 1. The summed E-state index contributed by atoms with van der Waals surface area (Å²) in [4.78, 5) is 0.835. The van der Waals surface area contributed by atoms with Gasteiger partial charge in [0.2, 0.25) is 0 Å². The van der Waals surface area contributed by atoms with E-state index in [2.05, 4.69) is 0 Å². The molecule has 110 valence electrons. The maximum absolute atomic E-state index is 13.9. The van der Waals surface area contributed by atoms with Crippen LogP contribution in [-0.4, -0.2) is 19.9 Å². The predicted octanol–water partition coefficient (Wildman–Crippen LogP) is 3.07. The zero-order valence-electron chi connectivity index (χ0n) is 11.1. The summed E-state index contributed by atoms with van der Waals surface area (Å²) in [7, 11) is -3.68. The highest BCUT2D eigenvalue weighted by molar-refractivity contribution is 7.99. The van der Waals surface area contributed by atoms with Gasteiger partial charge in [-0.2, -0.15) is 0 Å². The summed E-state index contributed by atoms with van der Waals surface area (Å²) in [5.41, 5.74) is 6.70. The van der Waals surface area contributed by atoms with Crippen LogP contribution in [0.2, 0.25) is 0 Å². The Kier molecular flexibility index (Phi) is 3.67. The number of halogens is 1. The lowest BCUT2D eigenvalue weighted by atomic mass is 10.0. The molecule has 3 rings (SSSR count). The Hall–Kier alpha value is -1.53. The molecule has 2 N–H and O–H groups in total. The minimum absolute atomic E-state index is 0.0855. The molecule has 0 saturated carbocycles. The van der Waals surface area contributed by atoms with Crippen LogP contribution in [0.25, 0.3) is 0 Å². The van der Waals surface area contributed by atoms with Gasteiger partial charge in [-0.15, -0.1) is 11.8 Å². The standard InChI is InChI=1S/C15H14FNO2S2/c16-13-7-11(17)5-6-15(13)21(18,19)9-10-8-20-14-4-2-1-3-12(10)14/h1-7,10H,8-9,17H2. The number of benzene rings is 2. The number of hydrogen-bond acceptors (Lipinski definition) is 4. The molecule has 1 heterocycles. The maximum Gasteiger partial charge on any atom is 0.181 e. The molecule has 0 saturated heterocycles. The Morgan fingerprint density at radius 3 is 2.76 bits per heavy atom. The van der Waals surface area contributed by atoms with E-state index < -0.39 is 15.7 Å². The number of rotatable bonds is 3. The van der Waals surface area contributed by atoms with E-state index in [0.717, 1.165) is 16.5 Å². The van der Waals surface area contributed by atoms with Gasteiger partial charge in [0.1, 0.15) is 10.7 Å². The molecular formula is C15H14FNO2S2. The number of hydrogen-bond donors (Lipinski definition) is 1. The molecule has 1 aliphatic rings. The maximum atomic E-state index is 13.9. The van der Waals surface area contributed by atoms with E-state index in [4.69, 9.17) is 5.73 Å². The fraction of sp³-hybridized carbons (Fsp3) is 0.200. The van der Waals surface area contributed by atoms with E-state index in [1.54, 1.807) is 11.8 Å². The molecule has 1 atom stereocenters. The summed E-state index contributed by atoms with van der Waals surface area (Å²) in [5, 5.41) is 0. The lowest BCUT2D eigenvalue weighted by Crippen LogP contribution is -2.16. The first kappa shape index (κ1) is 14.4. The minimum Gasteiger partial charge on any atom is -0.399 e. The highest BCUT2D eigenvalue weighted by Crippen LogP contribution is 2.40. The SMILES string of the molecule is Nc1ccc(S(=O)(=O)CC2CSc3ccccc32)c(F)c1. The number of nitrogens with two attached hydrogens (primary N) is 1. The van der Waals surface area contributed by atoms with Gasteiger partial charge in [0.15, 0.2) is 9.84 Å². The van der Waals surface area contributed by atoms with E-state index in [9.17, 15) is 12.8 Å². The number of fused-ring (bicyclic) bond motifs is 1. The van der Waals surface area contributed by atoms with Crippen LogP contribution in [0.4, 0.5) is 10.1 Å². The second kappa shape index (κ2) is 5.35. The Bertz CT molecular complexity index is 790. The van der Waals surface area contributed by atoms with E-state index >= 15 is 0 Å². The van der Waals surface area contributed by atoms with Crippen LogP contribution in [0.15, 0.2) is 52.3 Å². The summed E-state index contributed by atoms with van der Waals surface area (Å²) >= 11 is 1.64. The van der Waals surface area contributed by atoms with Crippen molar-refractivity contribution >= 4 is 27.3 Å². The molecule has 21 heavy (non-hydrogen) atoms. The topological polar surface area (TPSA) is 60.2 Å². The van der Waals surface area contributed by atoms with Crippen LogP contribution in [0, 0.1) is 5.82 Å². The minimum atomic E-state index is -3.68. The lowest BCUT2D eigenvalue weighted by Gasteiger charge is -2.12. The first-order chi connectivity index (χ1) is 9.97. The van der Waals surface area contributed by atoms with Crippen molar-refractivity contribution in [3.63, 3.8) is 0 Å². The van der Waals surface area contributed by atoms with Crippen molar-refractivity contribution in [1.82, 2.24) is 0 Å². The van der Waals surface area contributed by atoms with Crippen molar-refractivity contribution in [2.45, 2.75) is 15.7 Å². The molecule has 0 fully saturated rings. The molecule has 0 radical (unpaired) electrons. The van der Waals surface area contributed by atoms with Crippen LogP contribution in [-0.2, 0) is 9.84 Å². The summed E-state index contributed by atoms with van der Waals surface area (Å²) in [6.07, 6.45) is 0. The van der Waals surface area contributed by atoms with Crippen molar-refractivity contribution in [3.05, 3.63) is 53.8 Å². The van der Waals surface area contributed by atoms with Gasteiger partial charge in [-0.25, -0.2) is 12.8 Å². The fourth-order valence-electron chi connectivity index (χ4n) is 2.49. The van der Waals surface area contributed by atoms with Crippen molar-refractivity contribution in [1.29, 1.82) is 0 Å². The van der Waals surface area contributed by atoms with E-state index in [0.29, 0.717) is 5.75 Å². The van der Waals surface area contributed by atoms with E-state index in [1.165, 1.54) is 12.1 Å². The first-order valence-electron chi connectivity index (χ1n) is 6.47. The lowest BCUT2D eigenvalue weighted by molar-refractivity contribution is 0.564. The van der Waals surface area contributed by atoms with Crippen molar-refractivity contribution < 1.29 is 12.8 Å². The molecule has 1 aliphatic heterocycles. The van der Waals surface area contributed by atoms with Gasteiger partial charge in [-0.05, 0) is 29.8 Å². The predicted molar refractivity (Wildman–Crippen MR) is 82.8 cm³/mol. The molecule has 1 unspecified atom stereocenters. The number of thioether (sulfide) groups is 1. The van der Waals surface area contributed by atoms with Crippen LogP contribution in [0.1, 0.15) is 11.5 Å². The van der Waals surface area contributed by atoms with Gasteiger partial charge < -0.3 is 5.73 Å². The molecule has 3 nitrogen and oxygen atoms in total. The monoisotopic (exact) mass is 323 g/mol. The summed E-state index contributed by atoms with van der Waals surface area (Å²) < 4.78 is 38.7. The van der Waals surface area contributed by atoms with Crippen molar-refractivity contribution in [3.8, 4) is 0 Å². The fourth-order valence-corrected chi connectivity index (χ4v) is 5.53. The second-order valence-electron chi connectivity index (χ2n) is 5.02. The zero-order valence-corrected chi connectivity index (χ0v) is 12.8. The normalized spacial score (nSPS) is 17.7. The number of sulfone groups is 1. The third-order valence-corrected chi connectivity index (χ3v) is 6.60. The molecule has 0 spiro atoms. The van der Waals surface area contributed by atoms with Crippen LogP contribution < -0.4 is 5.73 Å². The Balaban J connectivity index is 1.91. The van der Waals surface area contributed by atoms with Gasteiger partial charge >= 0.3 is 0 Å². The van der Waals surface area contributed by atoms with Gasteiger partial charge in [-0.3, -0.25) is 0 Å². The second-order valence-corrected chi connectivity index (χ2v) is 8.08. The molecule has 0 aliphatic carbocycles. The molecule has 0 amide bonds. The van der Waals surface area contributed by atoms with Gasteiger partial charge in [-0.1, -0.05) is 18.2 Å². The van der Waals surface area contributed by atoms with Crippen molar-refractivity contribution in [2.24, 2.45) is 0 Å². The molecule has 6 heteroatoms. The highest BCUT2D eigenvalue weighted by Gasteiger charge is 2.30. The molecule has 0 bridgehead atoms. The van der Waals surface area contributed by atoms with Crippen LogP contribution in [0.5, 0.6) is 0 Å². The average molecular weight is 323 g/mol. The Morgan fingerprint density at radius 2 is 2.00 bits per heavy atom. The average Bonchev–Trinajstić information content (AvgIpc) is 2.81. The van der Waals surface area contributed by atoms with Gasteiger partial charge in [0.25, 0.3) is 0 Å². The molecule has 0 aromatic heterocycles. The summed E-state index contributed by atoms with van der Waals surface area (Å²) in [6.45, 7) is 0. The quantitative estimate of drug-likeness (QED) is 0.882. The van der Waals surface area contributed by atoms with Gasteiger partial charge in [0, 0.05) is 22.3 Å². The third-order valence-electron chi connectivity index (χ3n) is 3.51. The smallest absolute Gasteiger partial charge is 0.181 e. The van der Waals surface area contributed by atoms with Gasteiger partial charge in [0.05, 0.1) is 5.75 Å². The Labute approximate surface area is 127 Å². The zero-order chi connectivity index (χ0) is 15.0. The highest BCUT2D eigenvalue weighted by atomic mass is 32.2. The summed E-state index contributed by atoms with van der Waals surface area (Å²) in [6, 6.07) is 11.5. The molecule has 2 aromatic rings.